The van der Waals surface area contributed by atoms with Crippen LogP contribution in [-0.4, -0.2) is 12.6 Å². The van der Waals surface area contributed by atoms with Gasteiger partial charge in [0.1, 0.15) is 5.75 Å². The lowest BCUT2D eigenvalue weighted by atomic mass is 9.96. The zero-order chi connectivity index (χ0) is 12.3. The third-order valence-electron chi connectivity index (χ3n) is 3.14. The minimum atomic E-state index is 0.419. The van der Waals surface area contributed by atoms with E-state index in [0.717, 1.165) is 12.3 Å². The van der Waals surface area contributed by atoms with Gasteiger partial charge in [0.25, 0.3) is 0 Å². The summed E-state index contributed by atoms with van der Waals surface area (Å²) in [5.41, 5.74) is 1.33. The van der Waals surface area contributed by atoms with Gasteiger partial charge < -0.3 is 10.1 Å². The van der Waals surface area contributed by atoms with Gasteiger partial charge in [0, 0.05) is 6.04 Å². The second-order valence-electron chi connectivity index (χ2n) is 5.17. The summed E-state index contributed by atoms with van der Waals surface area (Å²) < 4.78 is 5.85. The zero-order valence-electron chi connectivity index (χ0n) is 11.1. The summed E-state index contributed by atoms with van der Waals surface area (Å²) in [5, 5.41) is 3.54. The Balaban J connectivity index is 2.11. The van der Waals surface area contributed by atoms with Crippen molar-refractivity contribution in [2.24, 2.45) is 5.92 Å². The van der Waals surface area contributed by atoms with Crippen LogP contribution in [0.25, 0.3) is 0 Å². The Kier molecular flexibility index (Phi) is 4.06. The van der Waals surface area contributed by atoms with Gasteiger partial charge in [0.05, 0.1) is 6.10 Å². The van der Waals surface area contributed by atoms with E-state index in [1.54, 1.807) is 0 Å². The molecule has 0 spiro atoms. The second kappa shape index (κ2) is 5.54. The molecule has 0 amide bonds. The van der Waals surface area contributed by atoms with Gasteiger partial charge in [-0.2, -0.15) is 0 Å². The largest absolute Gasteiger partial charge is 0.490 e. The molecule has 0 radical (unpaired) electrons. The smallest absolute Gasteiger partial charge is 0.120 e. The molecule has 1 fully saturated rings. The fraction of sp³-hybridized carbons (Fsp3) is 0.600. The highest BCUT2D eigenvalue weighted by atomic mass is 16.5. The van der Waals surface area contributed by atoms with E-state index in [1.165, 1.54) is 18.4 Å². The molecule has 17 heavy (non-hydrogen) atoms. The first kappa shape index (κ1) is 12.4. The number of rotatable bonds is 6. The fourth-order valence-electron chi connectivity index (χ4n) is 2.12. The van der Waals surface area contributed by atoms with Crippen molar-refractivity contribution in [3.05, 3.63) is 29.8 Å². The van der Waals surface area contributed by atoms with Crippen LogP contribution in [0, 0.1) is 5.92 Å². The molecule has 2 nitrogen and oxygen atoms in total. The number of nitrogens with one attached hydrogen (secondary N) is 1. The van der Waals surface area contributed by atoms with Crippen molar-refractivity contribution in [1.29, 1.82) is 0 Å². The molecule has 2 heteroatoms. The lowest BCUT2D eigenvalue weighted by Gasteiger charge is -2.22. The highest BCUT2D eigenvalue weighted by molar-refractivity contribution is 5.31. The predicted molar refractivity (Wildman–Crippen MR) is 71.3 cm³/mol. The molecule has 1 aliphatic rings. The average Bonchev–Trinajstić information content (AvgIpc) is 3.09. The Morgan fingerprint density at radius 3 is 2.71 bits per heavy atom. The molecule has 2 rings (SSSR count). The number of hydrogen-bond acceptors (Lipinski definition) is 2. The van der Waals surface area contributed by atoms with E-state index < -0.39 is 0 Å². The normalized spacial score (nSPS) is 17.2. The fourth-order valence-corrected chi connectivity index (χ4v) is 2.12. The topological polar surface area (TPSA) is 21.3 Å². The molecule has 0 aliphatic heterocycles. The number of hydrogen-bond donors (Lipinski definition) is 1. The molecule has 1 aliphatic carbocycles. The van der Waals surface area contributed by atoms with Crippen LogP contribution in [0.4, 0.5) is 0 Å². The highest BCUT2D eigenvalue weighted by Crippen LogP contribution is 2.29. The molecule has 1 N–H and O–H groups in total. The van der Waals surface area contributed by atoms with Crippen molar-refractivity contribution in [2.75, 3.05) is 6.54 Å². The second-order valence-corrected chi connectivity index (χ2v) is 5.17. The predicted octanol–water partition coefficient (Wildman–Crippen LogP) is 3.53. The van der Waals surface area contributed by atoms with Crippen molar-refractivity contribution in [1.82, 2.24) is 5.32 Å². The van der Waals surface area contributed by atoms with Crippen LogP contribution in [0.3, 0.4) is 0 Å². The summed E-state index contributed by atoms with van der Waals surface area (Å²) >= 11 is 0. The van der Waals surface area contributed by atoms with Gasteiger partial charge in [-0.05, 0) is 43.0 Å². The van der Waals surface area contributed by atoms with Crippen LogP contribution < -0.4 is 10.1 Å². The molecule has 1 saturated carbocycles. The molecule has 0 aromatic heterocycles. The standard InChI is InChI=1S/C15H23NO/c1-4-16-15(11(2)3)12-6-5-7-14(10-12)17-13-8-9-13/h5-7,10-11,13,15-16H,4,8-9H2,1-3H3. The van der Waals surface area contributed by atoms with Crippen LogP contribution >= 0.6 is 0 Å². The lowest BCUT2D eigenvalue weighted by Crippen LogP contribution is -2.25. The van der Waals surface area contributed by atoms with E-state index in [9.17, 15) is 0 Å². The van der Waals surface area contributed by atoms with Crippen molar-refractivity contribution in [3.63, 3.8) is 0 Å². The molecule has 94 valence electrons. The van der Waals surface area contributed by atoms with Gasteiger partial charge in [0.2, 0.25) is 0 Å². The van der Waals surface area contributed by atoms with Crippen LogP contribution in [0.2, 0.25) is 0 Å². The highest BCUT2D eigenvalue weighted by Gasteiger charge is 2.24. The molecule has 0 bridgehead atoms. The van der Waals surface area contributed by atoms with E-state index >= 15 is 0 Å². The Bertz CT molecular complexity index is 358. The first-order chi connectivity index (χ1) is 8.20. The molecule has 1 aromatic carbocycles. The Morgan fingerprint density at radius 1 is 1.35 bits per heavy atom. The Labute approximate surface area is 104 Å². The molecule has 0 heterocycles. The van der Waals surface area contributed by atoms with Crippen LogP contribution in [0.5, 0.6) is 5.75 Å². The zero-order valence-corrected chi connectivity index (χ0v) is 11.1. The summed E-state index contributed by atoms with van der Waals surface area (Å²) in [6, 6.07) is 8.95. The first-order valence-corrected chi connectivity index (χ1v) is 6.70. The molecule has 1 atom stereocenters. The van der Waals surface area contributed by atoms with E-state index in [2.05, 4.69) is 50.4 Å². The molecule has 0 saturated heterocycles. The van der Waals surface area contributed by atoms with Crippen LogP contribution in [0.1, 0.15) is 45.2 Å². The maximum absolute atomic E-state index is 5.85. The molecular weight excluding hydrogens is 210 g/mol. The Hall–Kier alpha value is -1.02. The molecular formula is C15H23NO. The van der Waals surface area contributed by atoms with Crippen LogP contribution in [-0.2, 0) is 0 Å². The quantitative estimate of drug-likeness (QED) is 0.811. The van der Waals surface area contributed by atoms with Gasteiger partial charge in [0.15, 0.2) is 0 Å². The minimum Gasteiger partial charge on any atom is -0.490 e. The van der Waals surface area contributed by atoms with Gasteiger partial charge in [-0.1, -0.05) is 32.9 Å². The van der Waals surface area contributed by atoms with E-state index in [1.807, 2.05) is 0 Å². The summed E-state index contributed by atoms with van der Waals surface area (Å²) in [6.45, 7) is 7.65. The summed E-state index contributed by atoms with van der Waals surface area (Å²) in [6.07, 6.45) is 2.90. The van der Waals surface area contributed by atoms with Crippen molar-refractivity contribution in [3.8, 4) is 5.75 Å². The van der Waals surface area contributed by atoms with Crippen molar-refractivity contribution >= 4 is 0 Å². The average molecular weight is 233 g/mol. The maximum atomic E-state index is 5.85. The third kappa shape index (κ3) is 3.47. The van der Waals surface area contributed by atoms with Gasteiger partial charge >= 0.3 is 0 Å². The molecule has 1 aromatic rings. The van der Waals surface area contributed by atoms with E-state index in [0.29, 0.717) is 18.1 Å². The van der Waals surface area contributed by atoms with E-state index in [4.69, 9.17) is 4.74 Å². The van der Waals surface area contributed by atoms with E-state index in [-0.39, 0.29) is 0 Å². The lowest BCUT2D eigenvalue weighted by molar-refractivity contribution is 0.302. The SMILES string of the molecule is CCNC(c1cccc(OC2CC2)c1)C(C)C. The summed E-state index contributed by atoms with van der Waals surface area (Å²) in [4.78, 5) is 0. The summed E-state index contributed by atoms with van der Waals surface area (Å²) in [7, 11) is 0. The number of benzene rings is 1. The van der Waals surface area contributed by atoms with Crippen molar-refractivity contribution in [2.45, 2.75) is 45.8 Å². The number of ether oxygens (including phenoxy) is 1. The van der Waals surface area contributed by atoms with Crippen molar-refractivity contribution < 1.29 is 4.74 Å². The minimum absolute atomic E-state index is 0.419. The monoisotopic (exact) mass is 233 g/mol. The Morgan fingerprint density at radius 2 is 2.12 bits per heavy atom. The van der Waals surface area contributed by atoms with Crippen LogP contribution in [0.15, 0.2) is 24.3 Å². The third-order valence-corrected chi connectivity index (χ3v) is 3.14. The maximum Gasteiger partial charge on any atom is 0.120 e. The van der Waals surface area contributed by atoms with Gasteiger partial charge in [-0.15, -0.1) is 0 Å². The first-order valence-electron chi connectivity index (χ1n) is 6.70. The van der Waals surface area contributed by atoms with Gasteiger partial charge in [-0.25, -0.2) is 0 Å². The van der Waals surface area contributed by atoms with Gasteiger partial charge in [-0.3, -0.25) is 0 Å². The molecule has 1 unspecified atom stereocenters. The summed E-state index contributed by atoms with van der Waals surface area (Å²) in [5.74, 6) is 1.61.